The minimum absolute atomic E-state index is 0.0182. The highest BCUT2D eigenvalue weighted by Crippen LogP contribution is 2.25. The molecule has 0 spiro atoms. The zero-order valence-electron chi connectivity index (χ0n) is 21.5. The average Bonchev–Trinajstić information content (AvgIpc) is 2.93. The van der Waals surface area contributed by atoms with Crippen LogP contribution in [0.1, 0.15) is 48.1 Å². The van der Waals surface area contributed by atoms with Crippen LogP contribution in [0.4, 0.5) is 17.5 Å². The molecule has 0 fully saturated rings. The summed E-state index contributed by atoms with van der Waals surface area (Å²) in [7, 11) is 0. The zero-order valence-corrected chi connectivity index (χ0v) is 23.1. The maximum absolute atomic E-state index is 13.3. The lowest BCUT2D eigenvalue weighted by molar-refractivity contribution is -0.136. The van der Waals surface area contributed by atoms with Crippen LogP contribution in [0.2, 0.25) is 5.02 Å². The molecule has 0 saturated heterocycles. The van der Waals surface area contributed by atoms with Crippen molar-refractivity contribution in [3.05, 3.63) is 76.9 Å². The van der Waals surface area contributed by atoms with Crippen molar-refractivity contribution >= 4 is 58.3 Å². The first-order chi connectivity index (χ1) is 18.9. The van der Waals surface area contributed by atoms with Crippen molar-refractivity contribution in [2.24, 2.45) is 0 Å². The van der Waals surface area contributed by atoms with Gasteiger partial charge in [-0.05, 0) is 42.8 Å². The van der Waals surface area contributed by atoms with Gasteiger partial charge < -0.3 is 31.7 Å². The third-order valence-electron chi connectivity index (χ3n) is 5.63. The van der Waals surface area contributed by atoms with E-state index in [9.17, 15) is 9.59 Å². The Morgan fingerprint density at radius 2 is 1.74 bits per heavy atom. The van der Waals surface area contributed by atoms with Crippen LogP contribution in [-0.4, -0.2) is 51.7 Å². The number of carboxylic acid groups (broad SMARTS) is 1. The molecule has 39 heavy (non-hydrogen) atoms. The quantitative estimate of drug-likeness (QED) is 0.121. The van der Waals surface area contributed by atoms with Crippen molar-refractivity contribution in [2.75, 3.05) is 30.3 Å². The number of carbonyl (C=O) groups is 2. The van der Waals surface area contributed by atoms with Crippen molar-refractivity contribution in [1.29, 1.82) is 0 Å². The predicted octanol–water partition coefficient (Wildman–Crippen LogP) is 4.50. The molecule has 0 unspecified atom stereocenters. The van der Waals surface area contributed by atoms with Gasteiger partial charge in [0, 0.05) is 25.8 Å². The first-order valence-electron chi connectivity index (χ1n) is 12.6. The van der Waals surface area contributed by atoms with Gasteiger partial charge in [0.25, 0.3) is 5.91 Å². The lowest BCUT2D eigenvalue weighted by Crippen LogP contribution is -2.37. The van der Waals surface area contributed by atoms with Crippen LogP contribution in [0.15, 0.2) is 60.8 Å². The molecule has 0 radical (unpaired) electrons. The van der Waals surface area contributed by atoms with Crippen LogP contribution in [0, 0.1) is 0 Å². The van der Waals surface area contributed by atoms with Crippen molar-refractivity contribution < 1.29 is 14.7 Å². The highest BCUT2D eigenvalue weighted by molar-refractivity contribution is 7.80. The van der Waals surface area contributed by atoms with Gasteiger partial charge in [-0.3, -0.25) is 9.59 Å². The van der Waals surface area contributed by atoms with Gasteiger partial charge in [0.15, 0.2) is 5.11 Å². The van der Waals surface area contributed by atoms with Gasteiger partial charge >= 0.3 is 5.97 Å². The van der Waals surface area contributed by atoms with Gasteiger partial charge in [-0.1, -0.05) is 61.0 Å². The fraction of sp³-hybridized carbons (Fsp3) is 0.296. The van der Waals surface area contributed by atoms with Gasteiger partial charge in [-0.15, -0.1) is 0 Å². The summed E-state index contributed by atoms with van der Waals surface area (Å²) in [5, 5.41) is 24.9. The number of thiocarbonyl (C=S) groups is 1. The Morgan fingerprint density at radius 1 is 1.03 bits per heavy atom. The van der Waals surface area contributed by atoms with Crippen LogP contribution < -0.4 is 26.6 Å². The standard InChI is InChI=1S/C27H32ClN7O3S/c1-2-21(18-9-4-3-5-10-18)33-25(38)19-17-32-26(34-22-12-7-6-11-20(22)28)35-24(19)29-14-8-15-30-27(39)31-16-13-23(36)37/h3-7,9-12,17,21H,2,8,13-16H2,1H3,(H,33,38)(H,36,37)(H2,30,31,39)(H2,29,32,34,35)/t21-/m1/s1. The molecule has 0 aliphatic rings. The summed E-state index contributed by atoms with van der Waals surface area (Å²) in [6.45, 7) is 3.29. The maximum atomic E-state index is 13.3. The number of hydrogen-bond donors (Lipinski definition) is 6. The molecule has 6 N–H and O–H groups in total. The normalized spacial score (nSPS) is 11.2. The van der Waals surface area contributed by atoms with Crippen molar-refractivity contribution in [1.82, 2.24) is 25.9 Å². The Balaban J connectivity index is 1.68. The third kappa shape index (κ3) is 9.69. The first kappa shape index (κ1) is 29.6. The van der Waals surface area contributed by atoms with Crippen LogP contribution in [0.3, 0.4) is 0 Å². The molecule has 1 aromatic heterocycles. The molecule has 206 valence electrons. The van der Waals surface area contributed by atoms with Crippen molar-refractivity contribution in [2.45, 2.75) is 32.2 Å². The van der Waals surface area contributed by atoms with E-state index in [4.69, 9.17) is 28.9 Å². The van der Waals surface area contributed by atoms with E-state index in [1.807, 2.05) is 55.5 Å². The van der Waals surface area contributed by atoms with Crippen molar-refractivity contribution in [3.63, 3.8) is 0 Å². The number of benzene rings is 2. The molecular formula is C27H32ClN7O3S. The van der Waals surface area contributed by atoms with Gasteiger partial charge in [-0.2, -0.15) is 4.98 Å². The SMILES string of the molecule is CC[C@@H](NC(=O)c1cnc(Nc2ccccc2Cl)nc1NCCCNC(=S)NCCC(=O)O)c1ccccc1. The molecule has 0 aliphatic carbocycles. The van der Waals surface area contributed by atoms with E-state index in [0.29, 0.717) is 52.7 Å². The molecular weight excluding hydrogens is 538 g/mol. The number of anilines is 3. The van der Waals surface area contributed by atoms with E-state index in [2.05, 4.69) is 36.6 Å². The Morgan fingerprint density at radius 3 is 2.46 bits per heavy atom. The second-order valence-electron chi connectivity index (χ2n) is 8.51. The number of carbonyl (C=O) groups excluding carboxylic acids is 1. The number of rotatable bonds is 14. The number of aromatic nitrogens is 2. The number of para-hydroxylation sites is 1. The minimum atomic E-state index is -0.892. The molecule has 1 atom stereocenters. The van der Waals surface area contributed by atoms with Gasteiger partial charge in [-0.25, -0.2) is 4.98 Å². The average molecular weight is 570 g/mol. The molecule has 0 bridgehead atoms. The van der Waals surface area contributed by atoms with E-state index in [0.717, 1.165) is 12.0 Å². The molecule has 0 saturated carbocycles. The molecule has 10 nitrogen and oxygen atoms in total. The monoisotopic (exact) mass is 569 g/mol. The van der Waals surface area contributed by atoms with Crippen LogP contribution >= 0.6 is 23.8 Å². The summed E-state index contributed by atoms with van der Waals surface area (Å²) in [6.07, 6.45) is 2.84. The second kappa shape index (κ2) is 15.5. The molecule has 3 aromatic rings. The Kier molecular flexibility index (Phi) is 11.7. The fourth-order valence-corrected chi connectivity index (χ4v) is 4.00. The Hall–Kier alpha value is -3.96. The van der Waals surface area contributed by atoms with E-state index in [1.54, 1.807) is 6.07 Å². The van der Waals surface area contributed by atoms with E-state index >= 15 is 0 Å². The maximum Gasteiger partial charge on any atom is 0.305 e. The Labute approximate surface area is 238 Å². The summed E-state index contributed by atoms with van der Waals surface area (Å²) >= 11 is 11.4. The second-order valence-corrected chi connectivity index (χ2v) is 9.33. The van der Waals surface area contributed by atoms with Gasteiger partial charge in [0.2, 0.25) is 5.95 Å². The first-order valence-corrected chi connectivity index (χ1v) is 13.4. The fourth-order valence-electron chi connectivity index (χ4n) is 3.61. The number of aliphatic carboxylic acids is 1. The zero-order chi connectivity index (χ0) is 28.0. The van der Waals surface area contributed by atoms with Crippen LogP contribution in [0.25, 0.3) is 0 Å². The summed E-state index contributed by atoms with van der Waals surface area (Å²) in [5.41, 5.74) is 1.97. The highest BCUT2D eigenvalue weighted by Gasteiger charge is 2.19. The molecule has 12 heteroatoms. The summed E-state index contributed by atoms with van der Waals surface area (Å²) in [4.78, 5) is 32.8. The van der Waals surface area contributed by atoms with Crippen molar-refractivity contribution in [3.8, 4) is 0 Å². The topological polar surface area (TPSA) is 140 Å². The molecule has 1 amide bonds. The molecule has 1 heterocycles. The smallest absolute Gasteiger partial charge is 0.305 e. The number of hydrogen-bond acceptors (Lipinski definition) is 7. The Bertz CT molecular complexity index is 1260. The number of amides is 1. The molecule has 3 rings (SSSR count). The number of nitrogens with one attached hydrogen (secondary N) is 5. The highest BCUT2D eigenvalue weighted by atomic mass is 35.5. The van der Waals surface area contributed by atoms with Gasteiger partial charge in [0.05, 0.1) is 23.2 Å². The third-order valence-corrected chi connectivity index (χ3v) is 6.24. The van der Waals surface area contributed by atoms with Crippen LogP contribution in [0.5, 0.6) is 0 Å². The van der Waals surface area contributed by atoms with Gasteiger partial charge in [0.1, 0.15) is 11.4 Å². The summed E-state index contributed by atoms with van der Waals surface area (Å²) in [5.74, 6) is -0.516. The molecule has 2 aromatic carbocycles. The lowest BCUT2D eigenvalue weighted by Gasteiger charge is -2.19. The minimum Gasteiger partial charge on any atom is -0.481 e. The predicted molar refractivity (Wildman–Crippen MR) is 158 cm³/mol. The van der Waals surface area contributed by atoms with E-state index in [-0.39, 0.29) is 24.9 Å². The molecule has 0 aliphatic heterocycles. The lowest BCUT2D eigenvalue weighted by atomic mass is 10.0. The number of nitrogens with zero attached hydrogens (tertiary/aromatic N) is 2. The van der Waals surface area contributed by atoms with Crippen LogP contribution in [-0.2, 0) is 4.79 Å². The number of carboxylic acids is 1. The summed E-state index contributed by atoms with van der Waals surface area (Å²) in [6, 6.07) is 16.9. The largest absolute Gasteiger partial charge is 0.481 e. The van der Waals surface area contributed by atoms with E-state index in [1.165, 1.54) is 6.20 Å². The number of halogens is 1. The summed E-state index contributed by atoms with van der Waals surface area (Å²) < 4.78 is 0. The van der Waals surface area contributed by atoms with E-state index < -0.39 is 5.97 Å².